The zero-order chi connectivity index (χ0) is 26.3. The van der Waals surface area contributed by atoms with Crippen molar-refractivity contribution in [1.82, 2.24) is 9.88 Å². The molecule has 0 aliphatic rings. The number of aromatic amines is 1. The number of nitrogen functional groups attached to an aromatic ring is 1. The first-order chi connectivity index (χ1) is 15.5. The minimum Gasteiger partial charge on any atom is -0.453 e. The Morgan fingerprint density at radius 2 is 1.50 bits per heavy atom. The average molecular weight is 516 g/mol. The van der Waals surface area contributed by atoms with E-state index in [1.165, 1.54) is 7.05 Å². The molecule has 3 rings (SSSR count). The van der Waals surface area contributed by atoms with Crippen LogP contribution in [0.15, 0.2) is 48.5 Å². The summed E-state index contributed by atoms with van der Waals surface area (Å²) in [6, 6.07) is 14.3. The van der Waals surface area contributed by atoms with E-state index < -0.39 is 26.1 Å². The molecule has 34 heavy (non-hydrogen) atoms. The van der Waals surface area contributed by atoms with Gasteiger partial charge in [0.1, 0.15) is 11.4 Å². The number of amides is 1. The maximum atomic E-state index is 12.3. The number of hydrogen-bond donors (Lipinski definition) is 6. The minimum atomic E-state index is -3.67. The van der Waals surface area contributed by atoms with Crippen molar-refractivity contribution in [3.63, 3.8) is 0 Å². The van der Waals surface area contributed by atoms with Crippen LogP contribution < -0.4 is 16.2 Å². The molecule has 0 spiro atoms. The number of nitrogens with zero attached hydrogens (tertiary/aromatic N) is 1. The van der Waals surface area contributed by atoms with Gasteiger partial charge in [0, 0.05) is 12.4 Å². The maximum Gasteiger partial charge on any atom is 0.276 e. The van der Waals surface area contributed by atoms with E-state index in [0.29, 0.717) is 40.9 Å². The van der Waals surface area contributed by atoms with E-state index in [0.717, 1.165) is 10.3 Å². The summed E-state index contributed by atoms with van der Waals surface area (Å²) in [7, 11) is -5.89. The molecule has 0 radical (unpaired) electrons. The molecular formula is C19H25N5O8S2. The van der Waals surface area contributed by atoms with Crippen LogP contribution in [0.3, 0.4) is 0 Å². The summed E-state index contributed by atoms with van der Waals surface area (Å²) < 4.78 is 57.6. The van der Waals surface area contributed by atoms with Gasteiger partial charge in [-0.15, -0.1) is 0 Å². The molecule has 1 heterocycles. The van der Waals surface area contributed by atoms with Gasteiger partial charge in [0.05, 0.1) is 23.7 Å². The Morgan fingerprint density at radius 1 is 1.00 bits per heavy atom. The van der Waals surface area contributed by atoms with Gasteiger partial charge in [-0.1, -0.05) is 24.3 Å². The van der Waals surface area contributed by atoms with Gasteiger partial charge in [-0.25, -0.2) is 0 Å². The van der Waals surface area contributed by atoms with Crippen LogP contribution in [0.5, 0.6) is 11.5 Å². The van der Waals surface area contributed by atoms with Crippen molar-refractivity contribution in [2.75, 3.05) is 25.3 Å². The van der Waals surface area contributed by atoms with Crippen molar-refractivity contribution in [2.24, 2.45) is 5.73 Å². The fourth-order valence-electron chi connectivity index (χ4n) is 2.31. The zero-order valence-electron chi connectivity index (χ0n) is 18.4. The van der Waals surface area contributed by atoms with Crippen molar-refractivity contribution in [2.45, 2.75) is 0 Å². The Hall–Kier alpha value is -3.66. The van der Waals surface area contributed by atoms with E-state index >= 15 is 0 Å². The predicted octanol–water partition coefficient (Wildman–Crippen LogP) is 1.52. The smallest absolute Gasteiger partial charge is 0.276 e. The van der Waals surface area contributed by atoms with Gasteiger partial charge in [-0.3, -0.25) is 24.2 Å². The third kappa shape index (κ3) is 10.3. The van der Waals surface area contributed by atoms with Gasteiger partial charge < -0.3 is 21.2 Å². The van der Waals surface area contributed by atoms with Crippen LogP contribution in [0.25, 0.3) is 10.9 Å². The largest absolute Gasteiger partial charge is 0.453 e. The van der Waals surface area contributed by atoms with Gasteiger partial charge in [0.2, 0.25) is 0 Å². The Balaban J connectivity index is 0.000000489. The summed E-state index contributed by atoms with van der Waals surface area (Å²) in [6.07, 6.45) is 1.43. The Kier molecular flexibility index (Phi) is 9.57. The molecule has 15 heteroatoms. The molecule has 0 saturated carbocycles. The second-order valence-electron chi connectivity index (χ2n) is 6.76. The van der Waals surface area contributed by atoms with Crippen molar-refractivity contribution in [1.29, 1.82) is 5.41 Å². The molecule has 0 atom stereocenters. The number of fused-ring (bicyclic) bond motifs is 1. The van der Waals surface area contributed by atoms with Crippen LogP contribution in [-0.2, 0) is 20.2 Å². The lowest BCUT2D eigenvalue weighted by Gasteiger charge is -2.13. The number of anilines is 1. The molecule has 0 saturated heterocycles. The maximum absolute atomic E-state index is 12.3. The van der Waals surface area contributed by atoms with Crippen LogP contribution in [0.1, 0.15) is 10.5 Å². The summed E-state index contributed by atoms with van der Waals surface area (Å²) >= 11 is 0. The van der Waals surface area contributed by atoms with E-state index in [-0.39, 0.29) is 5.96 Å². The topological polar surface area (TPSA) is 230 Å². The third-order valence-corrected chi connectivity index (χ3v) is 3.65. The second-order valence-corrected chi connectivity index (χ2v) is 9.69. The van der Waals surface area contributed by atoms with Gasteiger partial charge in [-0.2, -0.15) is 16.8 Å². The summed E-state index contributed by atoms with van der Waals surface area (Å²) in [5.41, 5.74) is 12.8. The number of H-pyrrole nitrogens is 1. The molecule has 0 unspecified atom stereocenters. The van der Waals surface area contributed by atoms with Gasteiger partial charge in [0.15, 0.2) is 11.7 Å². The van der Waals surface area contributed by atoms with Crippen LogP contribution in [-0.4, -0.2) is 67.3 Å². The monoisotopic (exact) mass is 515 g/mol. The second kappa shape index (κ2) is 11.5. The van der Waals surface area contributed by atoms with Gasteiger partial charge in [-0.05, 0) is 24.3 Å². The molecule has 0 aliphatic heterocycles. The number of aromatic nitrogens is 1. The highest BCUT2D eigenvalue weighted by Gasteiger charge is 2.18. The van der Waals surface area contributed by atoms with Crippen LogP contribution in [0, 0.1) is 5.41 Å². The number of nitrogens with one attached hydrogen (secondary N) is 2. The number of guanidine groups is 1. The number of benzene rings is 2. The number of hydrogen-bond acceptors (Lipinski definition) is 8. The predicted molar refractivity (Wildman–Crippen MR) is 128 cm³/mol. The quantitative estimate of drug-likeness (QED) is 0.127. The van der Waals surface area contributed by atoms with Crippen molar-refractivity contribution in [3.05, 3.63) is 54.2 Å². The molecule has 1 aromatic heterocycles. The number of nitrogens with two attached hydrogens (primary N) is 2. The highest BCUT2D eigenvalue weighted by Crippen LogP contribution is 2.32. The average Bonchev–Trinajstić information content (AvgIpc) is 3.11. The number of carbonyl (C=O) groups is 1. The van der Waals surface area contributed by atoms with Crippen molar-refractivity contribution >= 4 is 48.7 Å². The van der Waals surface area contributed by atoms with Crippen molar-refractivity contribution < 1.29 is 35.5 Å². The highest BCUT2D eigenvalue weighted by atomic mass is 32.2. The number of carbonyl (C=O) groups excluding carboxylic acids is 1. The fourth-order valence-corrected chi connectivity index (χ4v) is 2.31. The first kappa shape index (κ1) is 28.4. The summed E-state index contributed by atoms with van der Waals surface area (Å²) in [4.78, 5) is 16.4. The third-order valence-electron chi connectivity index (χ3n) is 3.65. The Bertz CT molecular complexity index is 1340. The molecule has 0 fully saturated rings. The SMILES string of the molecule is CN(C(=N)N)C(=O)c1cc2cccc(Oc3ccccc3N)c2[nH]1.CS(=O)(=O)O.CS(=O)(=O)O. The molecular weight excluding hydrogens is 490 g/mol. The van der Waals surface area contributed by atoms with E-state index in [2.05, 4.69) is 4.98 Å². The van der Waals surface area contributed by atoms with Gasteiger partial charge >= 0.3 is 0 Å². The zero-order valence-corrected chi connectivity index (χ0v) is 20.0. The normalized spacial score (nSPS) is 10.9. The standard InChI is InChI=1S/C17H17N5O2.2CH4O3S/c1-22(17(19)20)16(23)12-9-10-5-4-8-14(15(10)21-12)24-13-7-3-2-6-11(13)18;2*1-5(2,3)4/h2-9,21H,18H2,1H3,(H3,19,20);2*1H3,(H,2,3,4). The number of rotatable bonds is 3. The lowest BCUT2D eigenvalue weighted by Crippen LogP contribution is -2.38. The molecule has 8 N–H and O–H groups in total. The van der Waals surface area contributed by atoms with E-state index in [4.69, 9.17) is 30.7 Å². The molecule has 1 amide bonds. The minimum absolute atomic E-state index is 0.319. The Labute approximate surface area is 196 Å². The first-order valence-corrected chi connectivity index (χ1v) is 12.8. The molecule has 13 nitrogen and oxygen atoms in total. The van der Waals surface area contributed by atoms with E-state index in [1.807, 2.05) is 24.3 Å². The first-order valence-electron chi connectivity index (χ1n) is 9.08. The van der Waals surface area contributed by atoms with E-state index in [1.54, 1.807) is 24.3 Å². The van der Waals surface area contributed by atoms with Crippen LogP contribution in [0.4, 0.5) is 5.69 Å². The van der Waals surface area contributed by atoms with E-state index in [9.17, 15) is 21.6 Å². The van der Waals surface area contributed by atoms with Gasteiger partial charge in [0.25, 0.3) is 26.1 Å². The lowest BCUT2D eigenvalue weighted by atomic mass is 10.2. The number of ether oxygens (including phenoxy) is 1. The summed E-state index contributed by atoms with van der Waals surface area (Å²) in [5.74, 6) is 0.360. The lowest BCUT2D eigenvalue weighted by molar-refractivity contribution is 0.0864. The van der Waals surface area contributed by atoms with Crippen molar-refractivity contribution in [3.8, 4) is 11.5 Å². The summed E-state index contributed by atoms with van der Waals surface area (Å²) in [5, 5.41) is 8.17. The fraction of sp³-hybridized carbons (Fsp3) is 0.158. The van der Waals surface area contributed by atoms with Crippen LogP contribution >= 0.6 is 0 Å². The Morgan fingerprint density at radius 3 is 2.00 bits per heavy atom. The van der Waals surface area contributed by atoms with Crippen LogP contribution in [0.2, 0.25) is 0 Å². The molecule has 0 bridgehead atoms. The molecule has 186 valence electrons. The highest BCUT2D eigenvalue weighted by molar-refractivity contribution is 7.85. The molecule has 0 aliphatic carbocycles. The summed E-state index contributed by atoms with van der Waals surface area (Å²) in [6.45, 7) is 0. The molecule has 2 aromatic carbocycles. The molecule has 3 aromatic rings. The number of para-hydroxylation sites is 3.